The smallest absolute Gasteiger partial charge is 0.323 e. The van der Waals surface area contributed by atoms with E-state index in [2.05, 4.69) is 27.9 Å². The molecule has 168 valence electrons. The normalized spacial score (nSPS) is 10.7. The second kappa shape index (κ2) is 10.5. The van der Waals surface area contributed by atoms with Crippen molar-refractivity contribution < 1.29 is 9.59 Å². The van der Waals surface area contributed by atoms with E-state index < -0.39 is 0 Å². The molecule has 0 radical (unpaired) electrons. The fourth-order valence-electron chi connectivity index (χ4n) is 3.19. The molecule has 0 atom stereocenters. The van der Waals surface area contributed by atoms with Gasteiger partial charge in [0.15, 0.2) is 4.34 Å². The summed E-state index contributed by atoms with van der Waals surface area (Å²) in [5.41, 5.74) is 5.33. The van der Waals surface area contributed by atoms with Crippen LogP contribution in [0.5, 0.6) is 0 Å². The predicted octanol–water partition coefficient (Wildman–Crippen LogP) is 6.54. The number of aromatic nitrogens is 1. The minimum atomic E-state index is -0.300. The third-order valence-electron chi connectivity index (χ3n) is 4.99. The Morgan fingerprint density at radius 1 is 0.939 bits per heavy atom. The minimum absolute atomic E-state index is 0.0699. The first-order chi connectivity index (χ1) is 16.0. The molecule has 6 nitrogen and oxygen atoms in total. The Balaban J connectivity index is 1.34. The number of carbonyl (C=O) groups is 2. The number of benzene rings is 3. The van der Waals surface area contributed by atoms with E-state index in [1.807, 2.05) is 73.7 Å². The number of hydrogen-bond donors (Lipinski definition) is 3. The van der Waals surface area contributed by atoms with Gasteiger partial charge < -0.3 is 16.0 Å². The van der Waals surface area contributed by atoms with Crippen molar-refractivity contribution in [2.24, 2.45) is 0 Å². The predicted molar refractivity (Wildman–Crippen MR) is 139 cm³/mol. The number of carbonyl (C=O) groups excluding carboxylic acids is 2. The summed E-state index contributed by atoms with van der Waals surface area (Å²) in [7, 11) is 0. The molecule has 0 saturated heterocycles. The van der Waals surface area contributed by atoms with Gasteiger partial charge in [-0.3, -0.25) is 4.79 Å². The lowest BCUT2D eigenvalue weighted by atomic mass is 10.1. The third kappa shape index (κ3) is 6.12. The van der Waals surface area contributed by atoms with Crippen molar-refractivity contribution in [1.82, 2.24) is 4.98 Å². The van der Waals surface area contributed by atoms with Crippen molar-refractivity contribution in [2.45, 2.75) is 24.6 Å². The number of nitrogens with zero attached hydrogens (tertiary/aromatic N) is 1. The second-order valence-electron chi connectivity index (χ2n) is 7.44. The molecule has 0 fully saturated rings. The fourth-order valence-corrected chi connectivity index (χ4v) is 5.09. The van der Waals surface area contributed by atoms with E-state index in [9.17, 15) is 9.59 Å². The third-order valence-corrected chi connectivity index (χ3v) is 7.15. The van der Waals surface area contributed by atoms with Crippen LogP contribution in [0.2, 0.25) is 0 Å². The first-order valence-electron chi connectivity index (χ1n) is 10.6. The molecule has 0 aliphatic heterocycles. The van der Waals surface area contributed by atoms with Crippen LogP contribution in [0.1, 0.15) is 18.1 Å². The van der Waals surface area contributed by atoms with E-state index in [0.717, 1.165) is 37.9 Å². The van der Waals surface area contributed by atoms with Gasteiger partial charge >= 0.3 is 6.03 Å². The minimum Gasteiger partial charge on any atom is -0.325 e. The van der Waals surface area contributed by atoms with Gasteiger partial charge in [0.1, 0.15) is 0 Å². The van der Waals surface area contributed by atoms with Gasteiger partial charge in [-0.1, -0.05) is 49.0 Å². The molecule has 1 aromatic heterocycles. The second-order valence-corrected chi connectivity index (χ2v) is 9.70. The summed E-state index contributed by atoms with van der Waals surface area (Å²) in [4.78, 5) is 29.2. The summed E-state index contributed by atoms with van der Waals surface area (Å²) in [6.07, 6.45) is 0.957. The van der Waals surface area contributed by atoms with Crippen LogP contribution in [0.4, 0.5) is 21.9 Å². The number of anilines is 3. The van der Waals surface area contributed by atoms with Gasteiger partial charge in [0.25, 0.3) is 0 Å². The highest BCUT2D eigenvalue weighted by atomic mass is 32.2. The zero-order valence-corrected chi connectivity index (χ0v) is 20.0. The van der Waals surface area contributed by atoms with Crippen molar-refractivity contribution in [3.63, 3.8) is 0 Å². The largest absolute Gasteiger partial charge is 0.325 e. The molecule has 3 N–H and O–H groups in total. The molecule has 3 aromatic carbocycles. The average molecular weight is 477 g/mol. The van der Waals surface area contributed by atoms with E-state index in [4.69, 9.17) is 0 Å². The Kier molecular flexibility index (Phi) is 7.26. The van der Waals surface area contributed by atoms with Crippen LogP contribution < -0.4 is 16.0 Å². The van der Waals surface area contributed by atoms with E-state index in [-0.39, 0.29) is 17.7 Å². The Bertz CT molecular complexity index is 1290. The summed E-state index contributed by atoms with van der Waals surface area (Å²) >= 11 is 2.90. The van der Waals surface area contributed by atoms with Gasteiger partial charge in [0.05, 0.1) is 16.0 Å². The summed E-state index contributed by atoms with van der Waals surface area (Å²) in [5, 5.41) is 8.64. The number of nitrogens with one attached hydrogen (secondary N) is 3. The molecule has 8 heteroatoms. The van der Waals surface area contributed by atoms with Gasteiger partial charge in [-0.15, -0.1) is 11.3 Å². The molecule has 0 bridgehead atoms. The summed E-state index contributed by atoms with van der Waals surface area (Å²) in [5.74, 6) is 0.206. The highest BCUT2D eigenvalue weighted by molar-refractivity contribution is 8.01. The maximum Gasteiger partial charge on any atom is 0.323 e. The van der Waals surface area contributed by atoms with Crippen LogP contribution in [0.15, 0.2) is 71.1 Å². The lowest BCUT2D eigenvalue weighted by Gasteiger charge is -2.08. The van der Waals surface area contributed by atoms with Crippen LogP contribution in [-0.2, 0) is 11.2 Å². The highest BCUT2D eigenvalue weighted by Gasteiger charge is 2.10. The van der Waals surface area contributed by atoms with Crippen molar-refractivity contribution in [3.05, 3.63) is 77.9 Å². The standard InChI is InChI=1S/C25H24N4O2S2/c1-3-17-8-10-18(11-9-17)26-24(31)27-19-12-13-21-22(14-19)33-25(29-21)32-15-23(30)28-20-7-5-4-6-16(20)2/h4-14H,3,15H2,1-2H3,(H,28,30)(H2,26,27,31). The van der Waals surface area contributed by atoms with E-state index >= 15 is 0 Å². The zero-order chi connectivity index (χ0) is 23.2. The lowest BCUT2D eigenvalue weighted by Crippen LogP contribution is -2.19. The quantitative estimate of drug-likeness (QED) is 0.264. The van der Waals surface area contributed by atoms with Crippen molar-refractivity contribution in [2.75, 3.05) is 21.7 Å². The number of thiazole rings is 1. The van der Waals surface area contributed by atoms with E-state index in [0.29, 0.717) is 5.69 Å². The molecule has 4 rings (SSSR count). The molecular weight excluding hydrogens is 452 g/mol. The maximum atomic E-state index is 12.3. The molecule has 0 saturated carbocycles. The van der Waals surface area contributed by atoms with Crippen LogP contribution >= 0.6 is 23.1 Å². The molecule has 4 aromatic rings. The monoisotopic (exact) mass is 476 g/mol. The van der Waals surface area contributed by atoms with Gasteiger partial charge in [-0.2, -0.15) is 0 Å². The molecule has 1 heterocycles. The first-order valence-corrected chi connectivity index (χ1v) is 12.4. The Morgan fingerprint density at radius 3 is 2.42 bits per heavy atom. The fraction of sp³-hybridized carbons (Fsp3) is 0.160. The van der Waals surface area contributed by atoms with Gasteiger partial charge in [0.2, 0.25) is 5.91 Å². The average Bonchev–Trinajstić information content (AvgIpc) is 3.22. The number of aryl methyl sites for hydroxylation is 2. The molecular formula is C25H24N4O2S2. The van der Waals surface area contributed by atoms with Crippen molar-refractivity contribution in [1.29, 1.82) is 0 Å². The summed E-state index contributed by atoms with van der Waals surface area (Å²) < 4.78 is 1.75. The summed E-state index contributed by atoms with van der Waals surface area (Å²) in [6.45, 7) is 4.05. The number of rotatable bonds is 7. The summed E-state index contributed by atoms with van der Waals surface area (Å²) in [6, 6.07) is 20.8. The highest BCUT2D eigenvalue weighted by Crippen LogP contribution is 2.31. The van der Waals surface area contributed by atoms with Gasteiger partial charge in [-0.25, -0.2) is 9.78 Å². The molecule has 0 aliphatic carbocycles. The van der Waals surface area contributed by atoms with Gasteiger partial charge in [-0.05, 0) is 60.9 Å². The molecule has 33 heavy (non-hydrogen) atoms. The lowest BCUT2D eigenvalue weighted by molar-refractivity contribution is -0.113. The SMILES string of the molecule is CCc1ccc(NC(=O)Nc2ccc3nc(SCC(=O)Nc4ccccc4C)sc3c2)cc1. The first kappa shape index (κ1) is 22.8. The number of amides is 3. The van der Waals surface area contributed by atoms with E-state index in [1.165, 1.54) is 28.7 Å². The Labute approximate surface area is 200 Å². The molecule has 3 amide bonds. The van der Waals surface area contributed by atoms with Crippen LogP contribution in [0.3, 0.4) is 0 Å². The topological polar surface area (TPSA) is 83.1 Å². The number of thioether (sulfide) groups is 1. The molecule has 0 aliphatic rings. The number of para-hydroxylation sites is 1. The zero-order valence-electron chi connectivity index (χ0n) is 18.3. The van der Waals surface area contributed by atoms with Crippen molar-refractivity contribution >= 4 is 62.3 Å². The van der Waals surface area contributed by atoms with E-state index in [1.54, 1.807) is 0 Å². The van der Waals surface area contributed by atoms with Crippen LogP contribution in [-0.4, -0.2) is 22.7 Å². The number of urea groups is 1. The number of hydrogen-bond acceptors (Lipinski definition) is 5. The Morgan fingerprint density at radius 2 is 1.67 bits per heavy atom. The van der Waals surface area contributed by atoms with Crippen LogP contribution in [0.25, 0.3) is 10.2 Å². The Hall–Kier alpha value is -3.36. The van der Waals surface area contributed by atoms with Gasteiger partial charge in [0, 0.05) is 17.1 Å². The number of fused-ring (bicyclic) bond motifs is 1. The molecule has 0 spiro atoms. The molecule has 0 unspecified atom stereocenters. The van der Waals surface area contributed by atoms with Crippen molar-refractivity contribution in [3.8, 4) is 0 Å². The van der Waals surface area contributed by atoms with Crippen LogP contribution in [0, 0.1) is 6.92 Å². The maximum absolute atomic E-state index is 12.3.